The van der Waals surface area contributed by atoms with E-state index in [4.69, 9.17) is 0 Å². The number of rotatable bonds is 0. The van der Waals surface area contributed by atoms with E-state index >= 15 is 0 Å². The maximum atomic E-state index is 2.63. The SMILES string of the molecule is CC12C3c4ccccc4C(c4ccccc43)C1C1c3ccccc3C2c2ccccc21. The van der Waals surface area contributed by atoms with Crippen LogP contribution < -0.4 is 0 Å². The fourth-order valence-electron chi connectivity index (χ4n) is 8.47. The minimum Gasteiger partial charge on any atom is -0.0620 e. The molecule has 0 radical (unpaired) electrons. The maximum absolute atomic E-state index is 2.63. The van der Waals surface area contributed by atoms with Gasteiger partial charge < -0.3 is 0 Å². The normalized spacial score (nSPS) is 32.5. The molecule has 0 heterocycles. The Bertz CT molecular complexity index is 1190. The Balaban J connectivity index is 1.53. The van der Waals surface area contributed by atoms with Gasteiger partial charge in [-0.25, -0.2) is 0 Å². The molecule has 0 saturated carbocycles. The van der Waals surface area contributed by atoms with Gasteiger partial charge in [-0.2, -0.15) is 0 Å². The summed E-state index contributed by atoms with van der Waals surface area (Å²) >= 11 is 0. The molecule has 31 heavy (non-hydrogen) atoms. The summed E-state index contributed by atoms with van der Waals surface area (Å²) in [7, 11) is 0. The van der Waals surface area contributed by atoms with Crippen LogP contribution in [0.5, 0.6) is 0 Å². The van der Waals surface area contributed by atoms with Crippen LogP contribution in [0.2, 0.25) is 0 Å². The van der Waals surface area contributed by atoms with Crippen LogP contribution in [0.1, 0.15) is 75.1 Å². The number of hydrogen-bond donors (Lipinski definition) is 0. The van der Waals surface area contributed by atoms with Crippen molar-refractivity contribution >= 4 is 0 Å². The van der Waals surface area contributed by atoms with Gasteiger partial charge in [0.05, 0.1) is 0 Å². The molecule has 0 aromatic heterocycles. The minimum atomic E-state index is 0.181. The van der Waals surface area contributed by atoms with Crippen LogP contribution in [0.15, 0.2) is 97.1 Å². The number of hydrogen-bond acceptors (Lipinski definition) is 0. The standard InChI is InChI=1S/C31H24/c1-31-28-22-14-6-2-10-18(22)26(19-11-3-7-15-23(19)28)30(31)27-20-12-4-8-16-24(20)29(31)25-17-9-5-13-21(25)27/h2-17,26-30H,1H3. The molecule has 0 aliphatic heterocycles. The minimum absolute atomic E-state index is 0.181. The second kappa shape index (κ2) is 5.37. The van der Waals surface area contributed by atoms with Crippen molar-refractivity contribution in [2.24, 2.45) is 11.3 Å². The van der Waals surface area contributed by atoms with Crippen molar-refractivity contribution in [3.63, 3.8) is 0 Å². The van der Waals surface area contributed by atoms with Crippen LogP contribution in [-0.2, 0) is 0 Å². The van der Waals surface area contributed by atoms with Crippen molar-refractivity contribution in [1.82, 2.24) is 0 Å². The molecule has 0 unspecified atom stereocenters. The van der Waals surface area contributed by atoms with E-state index in [2.05, 4.69) is 104 Å². The van der Waals surface area contributed by atoms with E-state index in [9.17, 15) is 0 Å². The van der Waals surface area contributed by atoms with Crippen LogP contribution in [0, 0.1) is 11.3 Å². The zero-order valence-electron chi connectivity index (χ0n) is 17.6. The molecule has 0 atom stereocenters. The van der Waals surface area contributed by atoms with Crippen LogP contribution in [-0.4, -0.2) is 0 Å². The lowest BCUT2D eigenvalue weighted by Gasteiger charge is -2.67. The smallest absolute Gasteiger partial charge is 0.0161 e. The molecule has 4 aromatic rings. The second-order valence-electron chi connectivity index (χ2n) is 10.2. The van der Waals surface area contributed by atoms with Gasteiger partial charge in [-0.3, -0.25) is 0 Å². The summed E-state index contributed by atoms with van der Waals surface area (Å²) in [6.07, 6.45) is 0. The quantitative estimate of drug-likeness (QED) is 0.295. The van der Waals surface area contributed by atoms with Crippen LogP contribution in [0.4, 0.5) is 0 Å². The fourth-order valence-corrected chi connectivity index (χ4v) is 8.47. The summed E-state index contributed by atoms with van der Waals surface area (Å²) in [6, 6.07) is 37.4. The third-order valence-electron chi connectivity index (χ3n) is 9.25. The highest BCUT2D eigenvalue weighted by atomic mass is 14.7. The monoisotopic (exact) mass is 396 g/mol. The molecular formula is C31H24. The molecule has 4 aromatic carbocycles. The molecule has 0 N–H and O–H groups in total. The molecule has 0 spiro atoms. The van der Waals surface area contributed by atoms with E-state index < -0.39 is 0 Å². The second-order valence-corrected chi connectivity index (χ2v) is 10.2. The molecular weight excluding hydrogens is 372 g/mol. The van der Waals surface area contributed by atoms with Crippen molar-refractivity contribution < 1.29 is 0 Å². The predicted molar refractivity (Wildman–Crippen MR) is 125 cm³/mol. The highest BCUT2D eigenvalue weighted by molar-refractivity contribution is 5.67. The van der Waals surface area contributed by atoms with Gasteiger partial charge in [0.25, 0.3) is 0 Å². The van der Waals surface area contributed by atoms with E-state index in [0.717, 1.165) is 0 Å². The number of benzene rings is 4. The van der Waals surface area contributed by atoms with Crippen molar-refractivity contribution in [2.75, 3.05) is 0 Å². The molecule has 4 bridgehead atoms. The third kappa shape index (κ3) is 1.70. The molecule has 0 amide bonds. The van der Waals surface area contributed by atoms with Crippen LogP contribution >= 0.6 is 0 Å². The van der Waals surface area contributed by atoms with Gasteiger partial charge >= 0.3 is 0 Å². The Morgan fingerprint density at radius 1 is 0.419 bits per heavy atom. The van der Waals surface area contributed by atoms with Gasteiger partial charge in [0.1, 0.15) is 0 Å². The molecule has 0 heteroatoms. The summed E-state index contributed by atoms with van der Waals surface area (Å²) in [4.78, 5) is 0. The molecule has 6 aliphatic carbocycles. The van der Waals surface area contributed by atoms with Crippen LogP contribution in [0.25, 0.3) is 0 Å². The fraction of sp³-hybridized carbons (Fsp3) is 0.226. The van der Waals surface area contributed by atoms with Gasteiger partial charge in [0.15, 0.2) is 0 Å². The Morgan fingerprint density at radius 2 is 0.677 bits per heavy atom. The highest BCUT2D eigenvalue weighted by Gasteiger charge is 2.66. The van der Waals surface area contributed by atoms with E-state index in [1.165, 1.54) is 0 Å². The van der Waals surface area contributed by atoms with Crippen molar-refractivity contribution in [3.05, 3.63) is 142 Å². The van der Waals surface area contributed by atoms with Crippen LogP contribution in [0.3, 0.4) is 0 Å². The lowest BCUT2D eigenvalue weighted by Crippen LogP contribution is -2.57. The molecule has 0 saturated heterocycles. The molecule has 148 valence electrons. The first-order valence-corrected chi connectivity index (χ1v) is 11.7. The first-order valence-electron chi connectivity index (χ1n) is 11.7. The lowest BCUT2D eigenvalue weighted by atomic mass is 9.35. The molecule has 0 fully saturated rings. The third-order valence-corrected chi connectivity index (χ3v) is 9.25. The summed E-state index contributed by atoms with van der Waals surface area (Å²) in [5, 5.41) is 0. The van der Waals surface area contributed by atoms with Gasteiger partial charge in [-0.05, 0) is 55.8 Å². The molecule has 6 aliphatic rings. The maximum Gasteiger partial charge on any atom is 0.0161 e. The summed E-state index contributed by atoms with van der Waals surface area (Å²) in [5.41, 5.74) is 12.8. The summed E-state index contributed by atoms with van der Waals surface area (Å²) < 4.78 is 0. The summed E-state index contributed by atoms with van der Waals surface area (Å²) in [5.74, 6) is 2.43. The Labute approximate surface area is 183 Å². The first-order chi connectivity index (χ1) is 15.3. The van der Waals surface area contributed by atoms with Crippen molar-refractivity contribution in [3.8, 4) is 0 Å². The van der Waals surface area contributed by atoms with E-state index in [1.807, 2.05) is 0 Å². The largest absolute Gasteiger partial charge is 0.0620 e. The zero-order chi connectivity index (χ0) is 20.3. The average molecular weight is 397 g/mol. The molecule has 10 rings (SSSR count). The van der Waals surface area contributed by atoms with E-state index in [1.54, 1.807) is 44.5 Å². The topological polar surface area (TPSA) is 0 Å². The van der Waals surface area contributed by atoms with Gasteiger partial charge in [0, 0.05) is 23.7 Å². The van der Waals surface area contributed by atoms with E-state index in [-0.39, 0.29) is 5.41 Å². The van der Waals surface area contributed by atoms with Crippen molar-refractivity contribution in [2.45, 2.75) is 30.6 Å². The highest BCUT2D eigenvalue weighted by Crippen LogP contribution is 2.77. The predicted octanol–water partition coefficient (Wildman–Crippen LogP) is 7.19. The zero-order valence-corrected chi connectivity index (χ0v) is 17.6. The first kappa shape index (κ1) is 16.6. The Morgan fingerprint density at radius 3 is 0.968 bits per heavy atom. The average Bonchev–Trinajstić information content (AvgIpc) is 2.83. The Hall–Kier alpha value is -3.12. The van der Waals surface area contributed by atoms with Gasteiger partial charge in [-0.1, -0.05) is 104 Å². The lowest BCUT2D eigenvalue weighted by molar-refractivity contribution is 0.0459. The summed E-state index contributed by atoms with van der Waals surface area (Å²) in [6.45, 7) is 2.63. The van der Waals surface area contributed by atoms with Gasteiger partial charge in [-0.15, -0.1) is 0 Å². The Kier molecular flexibility index (Phi) is 2.87. The van der Waals surface area contributed by atoms with Gasteiger partial charge in [0.2, 0.25) is 0 Å². The van der Waals surface area contributed by atoms with E-state index in [0.29, 0.717) is 29.6 Å². The molecule has 0 nitrogen and oxygen atoms in total. The van der Waals surface area contributed by atoms with Crippen molar-refractivity contribution in [1.29, 1.82) is 0 Å².